The molecule has 2 aliphatic rings. The fourth-order valence-corrected chi connectivity index (χ4v) is 6.30. The lowest BCUT2D eigenvalue weighted by Gasteiger charge is -2.32. The smallest absolute Gasteiger partial charge is 0.287 e. The van der Waals surface area contributed by atoms with Crippen LogP contribution in [0.3, 0.4) is 0 Å². The van der Waals surface area contributed by atoms with Gasteiger partial charge in [-0.3, -0.25) is 4.79 Å². The van der Waals surface area contributed by atoms with Crippen molar-refractivity contribution in [2.75, 3.05) is 38.2 Å². The highest BCUT2D eigenvalue weighted by Crippen LogP contribution is 2.28. The lowest BCUT2D eigenvalue weighted by molar-refractivity contribution is 0.0595. The number of sulfonamides is 1. The zero-order valence-corrected chi connectivity index (χ0v) is 20.0. The van der Waals surface area contributed by atoms with Crippen LogP contribution in [0.4, 0.5) is 10.1 Å². The molecule has 2 aromatic rings. The Labute approximate surface area is 197 Å². The van der Waals surface area contributed by atoms with Crippen LogP contribution < -0.4 is 10.9 Å². The second-order valence-electron chi connectivity index (χ2n) is 8.63. The van der Waals surface area contributed by atoms with Crippen molar-refractivity contribution in [2.45, 2.75) is 43.5 Å². The summed E-state index contributed by atoms with van der Waals surface area (Å²) in [5.41, 5.74) is 0.470. The third-order valence-corrected chi connectivity index (χ3v) is 8.73. The number of hydrogen-bond acceptors (Lipinski definition) is 6. The van der Waals surface area contributed by atoms with Crippen molar-refractivity contribution in [2.24, 2.45) is 5.92 Å². The first kappa shape index (κ1) is 24.1. The van der Waals surface area contributed by atoms with Crippen molar-refractivity contribution in [3.8, 4) is 0 Å². The van der Waals surface area contributed by atoms with Crippen LogP contribution in [0.25, 0.3) is 0 Å². The number of aromatic nitrogens is 2. The molecule has 1 aromatic carbocycles. The van der Waals surface area contributed by atoms with Crippen molar-refractivity contribution in [3.05, 3.63) is 51.2 Å². The molecule has 0 spiro atoms. The van der Waals surface area contributed by atoms with Crippen molar-refractivity contribution < 1.29 is 17.5 Å². The van der Waals surface area contributed by atoms with E-state index in [1.54, 1.807) is 13.1 Å². The Kier molecular flexibility index (Phi) is 7.37. The van der Waals surface area contributed by atoms with Gasteiger partial charge in [0.25, 0.3) is 5.56 Å². The summed E-state index contributed by atoms with van der Waals surface area (Å²) < 4.78 is 47.6. The molecule has 1 atom stereocenters. The number of anilines is 1. The number of nitrogens with zero attached hydrogens (tertiary/aromatic N) is 3. The summed E-state index contributed by atoms with van der Waals surface area (Å²) >= 11 is 6.34. The van der Waals surface area contributed by atoms with E-state index in [-0.39, 0.29) is 29.0 Å². The van der Waals surface area contributed by atoms with E-state index in [9.17, 15) is 17.6 Å². The van der Waals surface area contributed by atoms with Gasteiger partial charge in [-0.25, -0.2) is 17.5 Å². The van der Waals surface area contributed by atoms with Crippen molar-refractivity contribution in [3.63, 3.8) is 0 Å². The number of aryl methyl sites for hydroxylation is 1. The monoisotopic (exact) mass is 498 g/mol. The maximum Gasteiger partial charge on any atom is 0.287 e. The zero-order chi connectivity index (χ0) is 23.6. The molecule has 8 nitrogen and oxygen atoms in total. The molecule has 180 valence electrons. The standard InChI is InChI=1S/C22H28ClFN4O4S/c1-15-11-17(24)4-5-20(15)33(30,31)27-8-6-18(7-9-27)28-22(29)21(23)19(13-26-28)25-12-16-3-2-10-32-14-16/h4-5,11,13,16,18,25H,2-3,6-10,12,14H2,1H3/t16-/m0/s1. The highest BCUT2D eigenvalue weighted by molar-refractivity contribution is 7.89. The molecule has 0 unspecified atom stereocenters. The van der Waals surface area contributed by atoms with E-state index in [2.05, 4.69) is 10.4 Å². The summed E-state index contributed by atoms with van der Waals surface area (Å²) in [5, 5.41) is 7.60. The van der Waals surface area contributed by atoms with Crippen LogP contribution in [0, 0.1) is 18.7 Å². The minimum Gasteiger partial charge on any atom is -0.382 e. The highest BCUT2D eigenvalue weighted by atomic mass is 35.5. The molecule has 11 heteroatoms. The van der Waals surface area contributed by atoms with Gasteiger partial charge >= 0.3 is 0 Å². The van der Waals surface area contributed by atoms with Gasteiger partial charge in [-0.05, 0) is 62.3 Å². The minimum absolute atomic E-state index is 0.0821. The number of nitrogens with one attached hydrogen (secondary N) is 1. The number of rotatable bonds is 6. The van der Waals surface area contributed by atoms with E-state index >= 15 is 0 Å². The van der Waals surface area contributed by atoms with E-state index in [0.29, 0.717) is 43.2 Å². The predicted molar refractivity (Wildman–Crippen MR) is 124 cm³/mol. The van der Waals surface area contributed by atoms with Gasteiger partial charge in [-0.1, -0.05) is 11.6 Å². The minimum atomic E-state index is -3.75. The van der Waals surface area contributed by atoms with E-state index < -0.39 is 21.4 Å². The Morgan fingerprint density at radius 1 is 1.27 bits per heavy atom. The summed E-state index contributed by atoms with van der Waals surface area (Å²) in [6.07, 6.45) is 4.49. The molecule has 2 fully saturated rings. The molecule has 3 heterocycles. The first-order chi connectivity index (χ1) is 15.8. The second kappa shape index (κ2) is 10.1. The molecule has 2 saturated heterocycles. The van der Waals surface area contributed by atoms with Crippen LogP contribution in [0.2, 0.25) is 5.02 Å². The molecule has 0 saturated carbocycles. The topological polar surface area (TPSA) is 93.5 Å². The average molecular weight is 499 g/mol. The van der Waals surface area contributed by atoms with Gasteiger partial charge in [0, 0.05) is 26.2 Å². The van der Waals surface area contributed by atoms with E-state index in [1.165, 1.54) is 21.1 Å². The van der Waals surface area contributed by atoms with Gasteiger partial charge < -0.3 is 10.1 Å². The summed E-state index contributed by atoms with van der Waals surface area (Å²) in [5.74, 6) is -0.106. The zero-order valence-electron chi connectivity index (χ0n) is 18.5. The normalized spacial score (nSPS) is 20.6. The van der Waals surface area contributed by atoms with Crippen molar-refractivity contribution in [1.29, 1.82) is 0 Å². The molecule has 0 bridgehead atoms. The number of ether oxygens (including phenoxy) is 1. The Morgan fingerprint density at radius 3 is 2.70 bits per heavy atom. The van der Waals surface area contributed by atoms with Gasteiger partial charge in [0.15, 0.2) is 0 Å². The Bertz CT molecular complexity index is 1160. The molecule has 0 radical (unpaired) electrons. The lowest BCUT2D eigenvalue weighted by Crippen LogP contribution is -2.41. The summed E-state index contributed by atoms with van der Waals surface area (Å²) in [4.78, 5) is 12.9. The molecule has 0 amide bonds. The Hall–Kier alpha value is -2.01. The molecule has 1 N–H and O–H groups in total. The van der Waals surface area contributed by atoms with Crippen LogP contribution in [-0.4, -0.2) is 55.4 Å². The number of piperidine rings is 1. The van der Waals surface area contributed by atoms with Crippen LogP contribution >= 0.6 is 11.6 Å². The quantitative estimate of drug-likeness (QED) is 0.657. The average Bonchev–Trinajstić information content (AvgIpc) is 2.80. The Morgan fingerprint density at radius 2 is 2.03 bits per heavy atom. The fourth-order valence-electron chi connectivity index (χ4n) is 4.42. The van der Waals surface area contributed by atoms with E-state index in [0.717, 1.165) is 25.5 Å². The van der Waals surface area contributed by atoms with Gasteiger partial charge in [0.1, 0.15) is 10.8 Å². The maximum absolute atomic E-state index is 13.4. The van der Waals surface area contributed by atoms with Crippen LogP contribution in [0.5, 0.6) is 0 Å². The van der Waals surface area contributed by atoms with Crippen LogP contribution in [0.1, 0.15) is 37.3 Å². The Balaban J connectivity index is 1.42. The van der Waals surface area contributed by atoms with Gasteiger partial charge in [-0.15, -0.1) is 0 Å². The molecule has 33 heavy (non-hydrogen) atoms. The predicted octanol–water partition coefficient (Wildman–Crippen LogP) is 3.21. The first-order valence-electron chi connectivity index (χ1n) is 11.1. The third-order valence-electron chi connectivity index (χ3n) is 6.30. The van der Waals surface area contributed by atoms with Crippen molar-refractivity contribution >= 4 is 27.3 Å². The molecule has 1 aromatic heterocycles. The summed E-state index contributed by atoms with van der Waals surface area (Å²) in [6.45, 7) is 4.18. The van der Waals surface area contributed by atoms with E-state index in [1.807, 2.05) is 0 Å². The summed E-state index contributed by atoms with van der Waals surface area (Å²) in [7, 11) is -3.75. The molecule has 0 aliphatic carbocycles. The molecular formula is C22H28ClFN4O4S. The van der Waals surface area contributed by atoms with Crippen LogP contribution in [-0.2, 0) is 14.8 Å². The number of benzene rings is 1. The highest BCUT2D eigenvalue weighted by Gasteiger charge is 2.32. The van der Waals surface area contributed by atoms with Crippen molar-refractivity contribution in [1.82, 2.24) is 14.1 Å². The van der Waals surface area contributed by atoms with Gasteiger partial charge in [-0.2, -0.15) is 9.40 Å². The lowest BCUT2D eigenvalue weighted by atomic mass is 10.0. The number of hydrogen-bond donors (Lipinski definition) is 1. The third kappa shape index (κ3) is 5.24. The fraction of sp³-hybridized carbons (Fsp3) is 0.545. The number of halogens is 2. The first-order valence-corrected chi connectivity index (χ1v) is 12.9. The SMILES string of the molecule is Cc1cc(F)ccc1S(=O)(=O)N1CCC(n2ncc(NC[C@@H]3CCCOC3)c(Cl)c2=O)CC1. The van der Waals surface area contributed by atoms with Gasteiger partial charge in [0.2, 0.25) is 10.0 Å². The second-order valence-corrected chi connectivity index (χ2v) is 10.9. The molecular weight excluding hydrogens is 471 g/mol. The van der Waals surface area contributed by atoms with Crippen LogP contribution in [0.15, 0.2) is 34.1 Å². The summed E-state index contributed by atoms with van der Waals surface area (Å²) in [6, 6.07) is 3.40. The van der Waals surface area contributed by atoms with E-state index in [4.69, 9.17) is 16.3 Å². The maximum atomic E-state index is 13.4. The largest absolute Gasteiger partial charge is 0.382 e. The molecule has 4 rings (SSSR count). The molecule has 2 aliphatic heterocycles. The van der Waals surface area contributed by atoms with Gasteiger partial charge in [0.05, 0.1) is 29.4 Å².